The largest absolute Gasteiger partial charge is 0.493 e. The molecule has 8 heteroatoms. The summed E-state index contributed by atoms with van der Waals surface area (Å²) in [6.07, 6.45) is 2.13. The van der Waals surface area contributed by atoms with E-state index in [1.54, 1.807) is 24.3 Å². The summed E-state index contributed by atoms with van der Waals surface area (Å²) in [4.78, 5) is 25.2. The van der Waals surface area contributed by atoms with Crippen LogP contribution in [0.2, 0.25) is 0 Å². The van der Waals surface area contributed by atoms with E-state index in [1.807, 2.05) is 18.2 Å². The highest BCUT2D eigenvalue weighted by Gasteiger charge is 2.24. The van der Waals surface area contributed by atoms with Gasteiger partial charge in [-0.1, -0.05) is 15.9 Å². The summed E-state index contributed by atoms with van der Waals surface area (Å²) in [5, 5.41) is 6.36. The average molecular weight is 447 g/mol. The molecule has 2 amide bonds. The first kappa shape index (κ1) is 17.8. The molecule has 0 aliphatic carbocycles. The lowest BCUT2D eigenvalue weighted by molar-refractivity contribution is 0.0928. The van der Waals surface area contributed by atoms with Crippen molar-refractivity contribution in [3.8, 4) is 5.75 Å². The normalized spacial score (nSPS) is 15.5. The van der Waals surface area contributed by atoms with E-state index in [1.165, 1.54) is 17.6 Å². The minimum Gasteiger partial charge on any atom is -0.493 e. The number of furan rings is 1. The summed E-state index contributed by atoms with van der Waals surface area (Å²) in [5.74, 6) is 0.472. The Morgan fingerprint density at radius 1 is 1.15 bits per heavy atom. The third kappa shape index (κ3) is 3.91. The molecule has 138 valence electrons. The lowest BCUT2D eigenvalue weighted by atomic mass is 10.0. The zero-order valence-electron chi connectivity index (χ0n) is 14.0. The number of ether oxygens (including phenoxy) is 1. The molecule has 4 rings (SSSR count). The molecule has 3 aromatic rings. The molecule has 1 aromatic carbocycles. The summed E-state index contributed by atoms with van der Waals surface area (Å²) in [6.45, 7) is 0.550. The molecular formula is C19H15BrN2O4S. The van der Waals surface area contributed by atoms with Crippen LogP contribution < -0.4 is 15.4 Å². The fraction of sp³-hybridized carbons (Fsp3) is 0.158. The Balaban J connectivity index is 1.45. The second kappa shape index (κ2) is 7.58. The van der Waals surface area contributed by atoms with Gasteiger partial charge < -0.3 is 19.8 Å². The Morgan fingerprint density at radius 2 is 2.04 bits per heavy atom. The van der Waals surface area contributed by atoms with Crippen molar-refractivity contribution < 1.29 is 18.7 Å². The van der Waals surface area contributed by atoms with E-state index < -0.39 is 0 Å². The van der Waals surface area contributed by atoms with Gasteiger partial charge in [0, 0.05) is 16.5 Å². The maximum Gasteiger partial charge on any atom is 0.291 e. The number of carbonyl (C=O) groups excluding carboxylic acids is 2. The second-order valence-corrected chi connectivity index (χ2v) is 7.94. The maximum atomic E-state index is 12.7. The van der Waals surface area contributed by atoms with Crippen LogP contribution in [0.3, 0.4) is 0 Å². The fourth-order valence-corrected chi connectivity index (χ4v) is 4.04. The quantitative estimate of drug-likeness (QED) is 0.612. The molecule has 0 radical (unpaired) electrons. The molecule has 1 aliphatic heterocycles. The lowest BCUT2D eigenvalue weighted by Gasteiger charge is -2.26. The fourth-order valence-electron chi connectivity index (χ4n) is 2.85. The Morgan fingerprint density at radius 3 is 2.85 bits per heavy atom. The van der Waals surface area contributed by atoms with Gasteiger partial charge in [-0.2, -0.15) is 0 Å². The van der Waals surface area contributed by atoms with Gasteiger partial charge >= 0.3 is 0 Å². The number of benzene rings is 1. The molecule has 0 saturated heterocycles. The number of halogens is 1. The van der Waals surface area contributed by atoms with E-state index >= 15 is 0 Å². The van der Waals surface area contributed by atoms with Gasteiger partial charge in [-0.25, -0.2) is 0 Å². The Labute approximate surface area is 167 Å². The lowest BCUT2D eigenvalue weighted by Crippen LogP contribution is -2.31. The summed E-state index contributed by atoms with van der Waals surface area (Å²) in [5.41, 5.74) is 0.951. The van der Waals surface area contributed by atoms with Crippen LogP contribution in [0.15, 0.2) is 57.6 Å². The van der Waals surface area contributed by atoms with E-state index in [-0.39, 0.29) is 23.6 Å². The van der Waals surface area contributed by atoms with Crippen LogP contribution in [-0.2, 0) is 0 Å². The van der Waals surface area contributed by atoms with Crippen molar-refractivity contribution in [2.75, 3.05) is 11.9 Å². The molecule has 0 saturated carbocycles. The summed E-state index contributed by atoms with van der Waals surface area (Å²) >= 11 is 4.67. The number of nitrogens with one attached hydrogen (secondary N) is 2. The monoisotopic (exact) mass is 446 g/mol. The third-order valence-corrected chi connectivity index (χ3v) is 5.62. The number of fused-ring (bicyclic) bond motifs is 1. The number of hydrogen-bond donors (Lipinski definition) is 2. The summed E-state index contributed by atoms with van der Waals surface area (Å²) < 4.78 is 11.7. The zero-order valence-corrected chi connectivity index (χ0v) is 16.4. The van der Waals surface area contributed by atoms with E-state index in [0.29, 0.717) is 22.9 Å². The molecule has 27 heavy (non-hydrogen) atoms. The third-order valence-electron chi connectivity index (χ3n) is 4.13. The predicted octanol–water partition coefficient (Wildman–Crippen LogP) is 4.61. The molecular weight excluding hydrogens is 432 g/mol. The average Bonchev–Trinajstić information content (AvgIpc) is 3.34. The topological polar surface area (TPSA) is 80.6 Å². The van der Waals surface area contributed by atoms with Gasteiger partial charge in [-0.15, -0.1) is 11.3 Å². The van der Waals surface area contributed by atoms with Gasteiger partial charge in [0.15, 0.2) is 5.76 Å². The Bertz CT molecular complexity index is 984. The van der Waals surface area contributed by atoms with Crippen molar-refractivity contribution >= 4 is 44.1 Å². The van der Waals surface area contributed by atoms with Crippen LogP contribution in [0.25, 0.3) is 0 Å². The highest BCUT2D eigenvalue weighted by atomic mass is 79.9. The van der Waals surface area contributed by atoms with Gasteiger partial charge in [0.25, 0.3) is 11.8 Å². The van der Waals surface area contributed by atoms with Crippen molar-refractivity contribution in [1.29, 1.82) is 0 Å². The standard InChI is InChI=1S/C19H15BrN2O4S/c20-11-3-4-14-12(10-11)13(7-9-26-14)21-19(24)16-5-6-17(27-16)22-18(23)15-2-1-8-25-15/h1-6,8,10,13H,7,9H2,(H,21,24)(H,22,23). The molecule has 3 heterocycles. The molecule has 6 nitrogen and oxygen atoms in total. The van der Waals surface area contributed by atoms with Gasteiger partial charge in [-0.3, -0.25) is 9.59 Å². The predicted molar refractivity (Wildman–Crippen MR) is 105 cm³/mol. The summed E-state index contributed by atoms with van der Waals surface area (Å²) in [7, 11) is 0. The van der Waals surface area contributed by atoms with Crippen molar-refractivity contribution in [1.82, 2.24) is 5.32 Å². The van der Waals surface area contributed by atoms with E-state index in [4.69, 9.17) is 9.15 Å². The first-order chi connectivity index (χ1) is 13.1. The molecule has 0 spiro atoms. The first-order valence-corrected chi connectivity index (χ1v) is 9.89. The van der Waals surface area contributed by atoms with Crippen LogP contribution in [0.5, 0.6) is 5.75 Å². The van der Waals surface area contributed by atoms with Crippen molar-refractivity contribution in [2.45, 2.75) is 12.5 Å². The van der Waals surface area contributed by atoms with Gasteiger partial charge in [0.05, 0.1) is 28.8 Å². The van der Waals surface area contributed by atoms with Crippen molar-refractivity contribution in [2.24, 2.45) is 0 Å². The minimum absolute atomic E-state index is 0.123. The number of thiophene rings is 1. The minimum atomic E-state index is -0.350. The molecule has 2 N–H and O–H groups in total. The number of carbonyl (C=O) groups is 2. The smallest absolute Gasteiger partial charge is 0.291 e. The highest BCUT2D eigenvalue weighted by Crippen LogP contribution is 2.34. The SMILES string of the molecule is O=C(Nc1ccc(C(=O)NC2CCOc3ccc(Br)cc32)s1)c1ccco1. The molecule has 2 aromatic heterocycles. The van der Waals surface area contributed by atoms with Crippen molar-refractivity contribution in [3.63, 3.8) is 0 Å². The Kier molecular flexibility index (Phi) is 5.00. The number of hydrogen-bond acceptors (Lipinski definition) is 5. The molecule has 1 unspecified atom stereocenters. The maximum absolute atomic E-state index is 12.7. The van der Waals surface area contributed by atoms with Gasteiger partial charge in [0.1, 0.15) is 5.75 Å². The molecule has 1 atom stereocenters. The van der Waals surface area contributed by atoms with Crippen LogP contribution in [0.1, 0.15) is 38.3 Å². The van der Waals surface area contributed by atoms with Crippen LogP contribution in [0, 0.1) is 0 Å². The van der Waals surface area contributed by atoms with Gasteiger partial charge in [-0.05, 0) is 42.5 Å². The van der Waals surface area contributed by atoms with Crippen LogP contribution in [0.4, 0.5) is 5.00 Å². The zero-order chi connectivity index (χ0) is 18.8. The summed E-state index contributed by atoms with van der Waals surface area (Å²) in [6, 6.07) is 12.3. The van der Waals surface area contributed by atoms with Gasteiger partial charge in [0.2, 0.25) is 0 Å². The van der Waals surface area contributed by atoms with Crippen LogP contribution in [-0.4, -0.2) is 18.4 Å². The number of rotatable bonds is 4. The Hall–Kier alpha value is -2.58. The van der Waals surface area contributed by atoms with Crippen molar-refractivity contribution in [3.05, 3.63) is 69.4 Å². The highest BCUT2D eigenvalue weighted by molar-refractivity contribution is 9.10. The van der Waals surface area contributed by atoms with E-state index in [2.05, 4.69) is 26.6 Å². The van der Waals surface area contributed by atoms with Crippen LogP contribution >= 0.6 is 27.3 Å². The molecule has 1 aliphatic rings. The number of anilines is 1. The van der Waals surface area contributed by atoms with E-state index in [0.717, 1.165) is 15.8 Å². The van der Waals surface area contributed by atoms with E-state index in [9.17, 15) is 9.59 Å². The number of amides is 2. The molecule has 0 fully saturated rings. The second-order valence-electron chi connectivity index (χ2n) is 5.94. The first-order valence-electron chi connectivity index (χ1n) is 8.28. The molecule has 0 bridgehead atoms.